The number of benzene rings is 1. The Morgan fingerprint density at radius 3 is 2.43 bits per heavy atom. The maximum absolute atomic E-state index is 12.6. The summed E-state index contributed by atoms with van der Waals surface area (Å²) in [6, 6.07) is 6.37. The van der Waals surface area contributed by atoms with Crippen molar-refractivity contribution in [2.75, 3.05) is 0 Å². The van der Waals surface area contributed by atoms with E-state index < -0.39 is 15.6 Å². The Labute approximate surface area is 128 Å². The van der Waals surface area contributed by atoms with Gasteiger partial charge in [-0.1, -0.05) is 19.1 Å². The first kappa shape index (κ1) is 16.5. The molecule has 1 aliphatic carbocycles. The van der Waals surface area contributed by atoms with Gasteiger partial charge in [0.2, 0.25) is 10.0 Å². The summed E-state index contributed by atoms with van der Waals surface area (Å²) in [7, 11) is -3.48. The third-order valence-corrected chi connectivity index (χ3v) is 5.25. The third kappa shape index (κ3) is 4.80. The molecule has 1 aromatic rings. The van der Waals surface area contributed by atoms with Crippen LogP contribution in [0.2, 0.25) is 0 Å². The van der Waals surface area contributed by atoms with Crippen molar-refractivity contribution < 1.29 is 8.42 Å². The fourth-order valence-electron chi connectivity index (χ4n) is 2.26. The van der Waals surface area contributed by atoms with E-state index in [-0.39, 0.29) is 0 Å². The highest BCUT2D eigenvalue weighted by atomic mass is 32.2. The Hall–Kier alpha value is -0.910. The molecule has 118 valence electrons. The normalized spacial score (nSPS) is 16.2. The summed E-state index contributed by atoms with van der Waals surface area (Å²) in [6.07, 6.45) is 3.16. The van der Waals surface area contributed by atoms with E-state index in [0.29, 0.717) is 17.4 Å². The van der Waals surface area contributed by atoms with Crippen LogP contribution in [0.15, 0.2) is 23.1 Å². The van der Waals surface area contributed by atoms with Gasteiger partial charge < -0.3 is 5.32 Å². The van der Waals surface area contributed by atoms with E-state index in [0.717, 1.165) is 17.7 Å². The van der Waals surface area contributed by atoms with Gasteiger partial charge >= 0.3 is 0 Å². The molecule has 0 aliphatic heterocycles. The van der Waals surface area contributed by atoms with Crippen LogP contribution in [0.4, 0.5) is 0 Å². The SMILES string of the molecule is CCc1ccc(CNC2CC2)cc1S(=O)(=O)NC(C)(C)C. The Morgan fingerprint density at radius 1 is 1.24 bits per heavy atom. The first-order chi connectivity index (χ1) is 9.71. The number of hydrogen-bond donors (Lipinski definition) is 2. The zero-order valence-corrected chi connectivity index (χ0v) is 14.2. The van der Waals surface area contributed by atoms with Crippen molar-refractivity contribution in [3.05, 3.63) is 29.3 Å². The average Bonchev–Trinajstić information content (AvgIpc) is 3.17. The van der Waals surface area contributed by atoms with Crippen LogP contribution < -0.4 is 10.0 Å². The minimum absolute atomic E-state index is 0.412. The first-order valence-electron chi connectivity index (χ1n) is 7.60. The fourth-order valence-corrected chi connectivity index (χ4v) is 4.04. The Balaban J connectivity index is 2.27. The molecule has 0 heterocycles. The predicted octanol–water partition coefficient (Wildman–Crippen LogP) is 2.58. The van der Waals surface area contributed by atoms with E-state index in [1.54, 1.807) is 0 Å². The van der Waals surface area contributed by atoms with Crippen LogP contribution in [0.3, 0.4) is 0 Å². The van der Waals surface area contributed by atoms with Crippen LogP contribution in [0.25, 0.3) is 0 Å². The summed E-state index contributed by atoms with van der Waals surface area (Å²) >= 11 is 0. The second-order valence-corrected chi connectivity index (χ2v) is 8.46. The molecule has 0 spiro atoms. The smallest absolute Gasteiger partial charge is 0.241 e. The third-order valence-electron chi connectivity index (χ3n) is 3.41. The van der Waals surface area contributed by atoms with Gasteiger partial charge in [-0.3, -0.25) is 0 Å². The molecule has 1 aromatic carbocycles. The second kappa shape index (κ2) is 6.07. The molecule has 4 nitrogen and oxygen atoms in total. The molecule has 0 saturated heterocycles. The topological polar surface area (TPSA) is 58.2 Å². The van der Waals surface area contributed by atoms with Gasteiger partial charge in [0.05, 0.1) is 4.90 Å². The van der Waals surface area contributed by atoms with Crippen molar-refractivity contribution in [1.29, 1.82) is 0 Å². The van der Waals surface area contributed by atoms with Crippen molar-refractivity contribution in [2.45, 2.75) is 70.0 Å². The number of hydrogen-bond acceptors (Lipinski definition) is 3. The molecular weight excluding hydrogens is 284 g/mol. The second-order valence-electron chi connectivity index (χ2n) is 6.81. The lowest BCUT2D eigenvalue weighted by molar-refractivity contribution is 0.491. The van der Waals surface area contributed by atoms with Crippen molar-refractivity contribution in [1.82, 2.24) is 10.0 Å². The maximum atomic E-state index is 12.6. The lowest BCUT2D eigenvalue weighted by Crippen LogP contribution is -2.40. The molecule has 0 unspecified atom stereocenters. The molecular formula is C16H26N2O2S. The minimum atomic E-state index is -3.48. The quantitative estimate of drug-likeness (QED) is 0.849. The van der Waals surface area contributed by atoms with E-state index in [4.69, 9.17) is 0 Å². The number of nitrogens with one attached hydrogen (secondary N) is 2. The van der Waals surface area contributed by atoms with Gasteiger partial charge in [0.15, 0.2) is 0 Å². The highest BCUT2D eigenvalue weighted by Gasteiger charge is 2.25. The maximum Gasteiger partial charge on any atom is 0.241 e. The van der Waals surface area contributed by atoms with Gasteiger partial charge in [0.1, 0.15) is 0 Å². The van der Waals surface area contributed by atoms with Crippen molar-refractivity contribution in [3.8, 4) is 0 Å². The Bertz CT molecular complexity index is 599. The lowest BCUT2D eigenvalue weighted by atomic mass is 10.1. The fraction of sp³-hybridized carbons (Fsp3) is 0.625. The Morgan fingerprint density at radius 2 is 1.90 bits per heavy atom. The summed E-state index contributed by atoms with van der Waals surface area (Å²) < 4.78 is 27.9. The molecule has 1 aliphatic rings. The molecule has 1 saturated carbocycles. The van der Waals surface area contributed by atoms with Gasteiger partial charge in [-0.05, 0) is 57.2 Å². The van der Waals surface area contributed by atoms with Crippen molar-refractivity contribution in [2.24, 2.45) is 0 Å². The molecule has 0 bridgehead atoms. The van der Waals surface area contributed by atoms with Crippen molar-refractivity contribution in [3.63, 3.8) is 0 Å². The molecule has 2 rings (SSSR count). The first-order valence-corrected chi connectivity index (χ1v) is 9.09. The zero-order chi connectivity index (χ0) is 15.7. The van der Waals surface area contributed by atoms with E-state index >= 15 is 0 Å². The summed E-state index contributed by atoms with van der Waals surface area (Å²) in [5.74, 6) is 0. The Kier molecular flexibility index (Phi) is 4.76. The van der Waals surface area contributed by atoms with Crippen LogP contribution in [0.1, 0.15) is 51.7 Å². The monoisotopic (exact) mass is 310 g/mol. The highest BCUT2D eigenvalue weighted by Crippen LogP contribution is 2.22. The van der Waals surface area contributed by atoms with E-state index in [9.17, 15) is 8.42 Å². The minimum Gasteiger partial charge on any atom is -0.310 e. The van der Waals surface area contributed by atoms with Gasteiger partial charge in [0.25, 0.3) is 0 Å². The summed E-state index contributed by atoms with van der Waals surface area (Å²) in [5.41, 5.74) is 1.40. The van der Waals surface area contributed by atoms with Crippen LogP contribution in [0.5, 0.6) is 0 Å². The average molecular weight is 310 g/mol. The van der Waals surface area contributed by atoms with E-state index in [1.165, 1.54) is 12.8 Å². The van der Waals surface area contributed by atoms with Crippen LogP contribution in [-0.4, -0.2) is 20.0 Å². The predicted molar refractivity (Wildman–Crippen MR) is 85.8 cm³/mol. The summed E-state index contributed by atoms with van der Waals surface area (Å²) in [5, 5.41) is 3.42. The standard InChI is InChI=1S/C16H26N2O2S/c1-5-13-7-6-12(11-17-14-8-9-14)10-15(13)21(19,20)18-16(2,3)4/h6-7,10,14,17-18H,5,8-9,11H2,1-4H3. The van der Waals surface area contributed by atoms with Crippen LogP contribution >= 0.6 is 0 Å². The van der Waals surface area contributed by atoms with Gasteiger partial charge in [0, 0.05) is 18.1 Å². The molecule has 2 N–H and O–H groups in total. The van der Waals surface area contributed by atoms with E-state index in [1.807, 2.05) is 45.9 Å². The van der Waals surface area contributed by atoms with Crippen LogP contribution in [0, 0.1) is 0 Å². The lowest BCUT2D eigenvalue weighted by Gasteiger charge is -2.22. The summed E-state index contributed by atoms with van der Waals surface area (Å²) in [6.45, 7) is 8.28. The largest absolute Gasteiger partial charge is 0.310 e. The van der Waals surface area contributed by atoms with Crippen molar-refractivity contribution >= 4 is 10.0 Å². The highest BCUT2D eigenvalue weighted by molar-refractivity contribution is 7.89. The molecule has 0 aromatic heterocycles. The molecule has 0 atom stereocenters. The molecule has 0 radical (unpaired) electrons. The van der Waals surface area contributed by atoms with Gasteiger partial charge in [-0.2, -0.15) is 0 Å². The van der Waals surface area contributed by atoms with Gasteiger partial charge in [-0.15, -0.1) is 0 Å². The van der Waals surface area contributed by atoms with Crippen LogP contribution in [-0.2, 0) is 23.0 Å². The number of sulfonamides is 1. The molecule has 0 amide bonds. The number of aryl methyl sites for hydroxylation is 1. The van der Waals surface area contributed by atoms with E-state index in [2.05, 4.69) is 10.0 Å². The summed E-state index contributed by atoms with van der Waals surface area (Å²) in [4.78, 5) is 0.412. The molecule has 5 heteroatoms. The zero-order valence-electron chi connectivity index (χ0n) is 13.4. The molecule has 21 heavy (non-hydrogen) atoms. The van der Waals surface area contributed by atoms with Gasteiger partial charge in [-0.25, -0.2) is 13.1 Å². The number of rotatable bonds is 6. The molecule has 1 fully saturated rings.